The molecule has 1 aromatic rings. The summed E-state index contributed by atoms with van der Waals surface area (Å²) < 4.78 is 0. The highest BCUT2D eigenvalue weighted by atomic mass is 16.7. The van der Waals surface area contributed by atoms with Crippen LogP contribution in [0.1, 0.15) is 57.8 Å². The molecule has 2 aliphatic carbocycles. The second kappa shape index (κ2) is 9.94. The number of carbonyl (C=O) groups is 1. The Morgan fingerprint density at radius 3 is 2.81 bits per heavy atom. The fraction of sp³-hybridized carbons (Fsp3) is 0.789. The van der Waals surface area contributed by atoms with Gasteiger partial charge in [0.1, 0.15) is 6.10 Å². The lowest BCUT2D eigenvalue weighted by Gasteiger charge is -2.29. The maximum absolute atomic E-state index is 12.7. The molecule has 1 aromatic heterocycles. The van der Waals surface area contributed by atoms with Gasteiger partial charge in [0.15, 0.2) is 0 Å². The van der Waals surface area contributed by atoms with E-state index in [1.54, 1.807) is 17.3 Å². The number of nitrogens with zero attached hydrogens (tertiary/aromatic N) is 3. The first-order valence-corrected chi connectivity index (χ1v) is 10.2. The third kappa shape index (κ3) is 6.10. The Bertz CT molecular complexity index is 588. The zero-order chi connectivity index (χ0) is 19.1. The van der Waals surface area contributed by atoms with Crippen molar-refractivity contribution in [2.24, 2.45) is 5.92 Å². The minimum atomic E-state index is -0.301. The van der Waals surface area contributed by atoms with Gasteiger partial charge in [0, 0.05) is 26.1 Å². The van der Waals surface area contributed by atoms with E-state index in [2.05, 4.69) is 10.4 Å². The summed E-state index contributed by atoms with van der Waals surface area (Å²) in [6.07, 6.45) is 11.7. The SMILES string of the molecule is O=C(Nc1cnn(OC2CCC(O)C2)c1)N(CCCO)CC1CCCCC1. The summed E-state index contributed by atoms with van der Waals surface area (Å²) in [5.74, 6) is 0.544. The van der Waals surface area contributed by atoms with Crippen molar-refractivity contribution in [3.05, 3.63) is 12.4 Å². The third-order valence-corrected chi connectivity index (χ3v) is 5.50. The fourth-order valence-corrected chi connectivity index (χ4v) is 4.01. The average molecular weight is 380 g/mol. The summed E-state index contributed by atoms with van der Waals surface area (Å²) in [7, 11) is 0. The molecule has 0 radical (unpaired) electrons. The Labute approximate surface area is 160 Å². The first-order chi connectivity index (χ1) is 13.1. The first kappa shape index (κ1) is 19.9. The van der Waals surface area contributed by atoms with E-state index in [-0.39, 0.29) is 24.8 Å². The van der Waals surface area contributed by atoms with Gasteiger partial charge in [-0.05, 0) is 38.0 Å². The molecule has 2 amide bonds. The van der Waals surface area contributed by atoms with Crippen molar-refractivity contribution in [2.45, 2.75) is 70.0 Å². The van der Waals surface area contributed by atoms with Crippen molar-refractivity contribution in [3.63, 3.8) is 0 Å². The number of carbonyl (C=O) groups excluding carboxylic acids is 1. The predicted molar refractivity (Wildman–Crippen MR) is 101 cm³/mol. The minimum absolute atomic E-state index is 0.0456. The van der Waals surface area contributed by atoms with Crippen LogP contribution in [0.3, 0.4) is 0 Å². The van der Waals surface area contributed by atoms with E-state index in [1.165, 1.54) is 36.9 Å². The molecule has 1 heterocycles. The molecular formula is C19H32N4O4. The van der Waals surface area contributed by atoms with E-state index in [4.69, 9.17) is 9.94 Å². The number of hydrogen-bond acceptors (Lipinski definition) is 5. The molecule has 8 heteroatoms. The van der Waals surface area contributed by atoms with Gasteiger partial charge in [-0.15, -0.1) is 9.94 Å². The zero-order valence-corrected chi connectivity index (χ0v) is 15.9. The Hall–Kier alpha value is -1.80. The molecule has 0 saturated heterocycles. The van der Waals surface area contributed by atoms with Crippen LogP contribution in [0.25, 0.3) is 0 Å². The summed E-state index contributed by atoms with van der Waals surface area (Å²) in [6, 6.07) is -0.162. The van der Waals surface area contributed by atoms with Crippen molar-refractivity contribution in [1.29, 1.82) is 0 Å². The van der Waals surface area contributed by atoms with Gasteiger partial charge in [-0.1, -0.05) is 19.3 Å². The Morgan fingerprint density at radius 2 is 2.11 bits per heavy atom. The maximum Gasteiger partial charge on any atom is 0.321 e. The van der Waals surface area contributed by atoms with Gasteiger partial charge in [0.25, 0.3) is 0 Å². The normalized spacial score (nSPS) is 23.3. The second-order valence-corrected chi connectivity index (χ2v) is 7.78. The predicted octanol–water partition coefficient (Wildman–Crippen LogP) is 2.02. The molecule has 152 valence electrons. The van der Waals surface area contributed by atoms with Crippen LogP contribution in [0.5, 0.6) is 0 Å². The molecule has 0 aromatic carbocycles. The number of rotatable bonds is 8. The highest BCUT2D eigenvalue weighted by molar-refractivity contribution is 5.89. The molecule has 0 aliphatic heterocycles. The second-order valence-electron chi connectivity index (χ2n) is 7.78. The molecule has 3 N–H and O–H groups in total. The van der Waals surface area contributed by atoms with Crippen LogP contribution in [-0.4, -0.2) is 63.0 Å². The van der Waals surface area contributed by atoms with E-state index < -0.39 is 0 Å². The van der Waals surface area contributed by atoms with Gasteiger partial charge in [0.2, 0.25) is 0 Å². The highest BCUT2D eigenvalue weighted by Gasteiger charge is 2.25. The van der Waals surface area contributed by atoms with E-state index in [0.29, 0.717) is 31.0 Å². The van der Waals surface area contributed by atoms with Gasteiger partial charge in [-0.25, -0.2) is 4.79 Å². The van der Waals surface area contributed by atoms with Gasteiger partial charge >= 0.3 is 6.03 Å². The van der Waals surface area contributed by atoms with Gasteiger partial charge in [-0.2, -0.15) is 0 Å². The molecule has 2 saturated carbocycles. The van der Waals surface area contributed by atoms with Crippen LogP contribution in [0, 0.1) is 5.92 Å². The minimum Gasteiger partial charge on any atom is -0.396 e. The van der Waals surface area contributed by atoms with Crippen LogP contribution in [0.15, 0.2) is 12.4 Å². The monoisotopic (exact) mass is 380 g/mol. The highest BCUT2D eigenvalue weighted by Crippen LogP contribution is 2.25. The van der Waals surface area contributed by atoms with E-state index >= 15 is 0 Å². The fourth-order valence-electron chi connectivity index (χ4n) is 4.01. The lowest BCUT2D eigenvalue weighted by Crippen LogP contribution is -2.39. The van der Waals surface area contributed by atoms with Crippen LogP contribution < -0.4 is 10.2 Å². The van der Waals surface area contributed by atoms with Crippen molar-refractivity contribution >= 4 is 11.7 Å². The van der Waals surface area contributed by atoms with Gasteiger partial charge in [-0.3, -0.25) is 0 Å². The molecule has 0 bridgehead atoms. The van der Waals surface area contributed by atoms with Crippen LogP contribution in [-0.2, 0) is 0 Å². The number of amides is 2. The summed E-state index contributed by atoms with van der Waals surface area (Å²) in [5.41, 5.74) is 0.580. The van der Waals surface area contributed by atoms with Crippen LogP contribution in [0.4, 0.5) is 10.5 Å². The molecule has 2 fully saturated rings. The molecule has 2 atom stereocenters. The van der Waals surface area contributed by atoms with Crippen LogP contribution >= 0.6 is 0 Å². The first-order valence-electron chi connectivity index (χ1n) is 10.2. The Kier molecular flexibility index (Phi) is 7.34. The molecule has 2 aliphatic rings. The molecule has 3 rings (SSSR count). The average Bonchev–Trinajstić information content (AvgIpc) is 3.28. The zero-order valence-electron chi connectivity index (χ0n) is 15.9. The van der Waals surface area contributed by atoms with Crippen molar-refractivity contribution in [1.82, 2.24) is 14.8 Å². The third-order valence-electron chi connectivity index (χ3n) is 5.50. The maximum atomic E-state index is 12.7. The summed E-state index contributed by atoms with van der Waals surface area (Å²) in [5, 5.41) is 25.7. The van der Waals surface area contributed by atoms with E-state index in [9.17, 15) is 9.90 Å². The largest absolute Gasteiger partial charge is 0.396 e. The van der Waals surface area contributed by atoms with Crippen molar-refractivity contribution in [2.75, 3.05) is 25.0 Å². The molecule has 27 heavy (non-hydrogen) atoms. The summed E-state index contributed by atoms with van der Waals surface area (Å²) in [6.45, 7) is 1.35. The van der Waals surface area contributed by atoms with Crippen molar-refractivity contribution in [3.8, 4) is 0 Å². The Balaban J connectivity index is 1.52. The smallest absolute Gasteiger partial charge is 0.321 e. The summed E-state index contributed by atoms with van der Waals surface area (Å²) >= 11 is 0. The number of urea groups is 1. The topological polar surface area (TPSA) is 99.9 Å². The number of hydrogen-bond donors (Lipinski definition) is 3. The standard InChI is InChI=1S/C19H32N4O4/c24-10-4-9-22(13-15-5-2-1-3-6-15)19(26)21-16-12-20-23(14-16)27-18-8-7-17(25)11-18/h12,14-15,17-18,24-25H,1-11,13H2,(H,21,26). The lowest BCUT2D eigenvalue weighted by molar-refractivity contribution is 0.0123. The summed E-state index contributed by atoms with van der Waals surface area (Å²) in [4.78, 5) is 21.6. The quantitative estimate of drug-likeness (QED) is 0.641. The van der Waals surface area contributed by atoms with E-state index in [0.717, 1.165) is 19.4 Å². The lowest BCUT2D eigenvalue weighted by atomic mass is 9.89. The number of anilines is 1. The van der Waals surface area contributed by atoms with Crippen LogP contribution in [0.2, 0.25) is 0 Å². The number of aromatic nitrogens is 2. The molecule has 0 spiro atoms. The van der Waals surface area contributed by atoms with Gasteiger partial charge < -0.3 is 25.3 Å². The van der Waals surface area contributed by atoms with Crippen molar-refractivity contribution < 1.29 is 19.8 Å². The van der Waals surface area contributed by atoms with Gasteiger partial charge in [0.05, 0.1) is 24.2 Å². The number of aliphatic hydroxyl groups excluding tert-OH is 2. The molecule has 2 unspecified atom stereocenters. The Morgan fingerprint density at radius 1 is 1.30 bits per heavy atom. The number of aliphatic hydroxyl groups is 2. The molecule has 8 nitrogen and oxygen atoms in total. The number of nitrogens with one attached hydrogen (secondary N) is 1. The molecular weight excluding hydrogens is 348 g/mol. The van der Waals surface area contributed by atoms with E-state index in [1.807, 2.05) is 0 Å².